The second-order valence-corrected chi connectivity index (χ2v) is 5.51. The van der Waals surface area contributed by atoms with Gasteiger partial charge in [-0.2, -0.15) is 0 Å². The molecular formula is C17H23N3O4. The van der Waals surface area contributed by atoms with Crippen LogP contribution < -0.4 is 5.32 Å². The van der Waals surface area contributed by atoms with E-state index in [0.29, 0.717) is 39.3 Å². The maximum Gasteiger partial charge on any atom is 0.409 e. The van der Waals surface area contributed by atoms with Crippen molar-refractivity contribution in [2.45, 2.75) is 19.9 Å². The molecule has 1 aromatic rings. The van der Waals surface area contributed by atoms with Gasteiger partial charge in [0, 0.05) is 32.7 Å². The summed E-state index contributed by atoms with van der Waals surface area (Å²) >= 11 is 0. The molecule has 0 saturated carbocycles. The van der Waals surface area contributed by atoms with E-state index in [9.17, 15) is 14.4 Å². The second-order valence-electron chi connectivity index (χ2n) is 5.51. The molecule has 0 spiro atoms. The van der Waals surface area contributed by atoms with Gasteiger partial charge in [0.05, 0.1) is 6.61 Å². The zero-order chi connectivity index (χ0) is 17.4. The Labute approximate surface area is 141 Å². The summed E-state index contributed by atoms with van der Waals surface area (Å²) in [6.07, 6.45) is -0.531. The topological polar surface area (TPSA) is 79.0 Å². The molecule has 1 aliphatic rings. The highest BCUT2D eigenvalue weighted by Crippen LogP contribution is 2.06. The quantitative estimate of drug-likeness (QED) is 0.815. The minimum atomic E-state index is -0.356. The van der Waals surface area contributed by atoms with Gasteiger partial charge in [0.15, 0.2) is 0 Å². The Morgan fingerprint density at radius 1 is 1.04 bits per heavy atom. The molecule has 1 fully saturated rings. The molecule has 130 valence electrons. The van der Waals surface area contributed by atoms with Gasteiger partial charge < -0.3 is 19.9 Å². The van der Waals surface area contributed by atoms with Crippen LogP contribution in [0.5, 0.6) is 0 Å². The van der Waals surface area contributed by atoms with E-state index in [1.54, 1.807) is 16.7 Å². The first-order chi connectivity index (χ1) is 11.6. The van der Waals surface area contributed by atoms with Gasteiger partial charge in [-0.15, -0.1) is 0 Å². The van der Waals surface area contributed by atoms with Gasteiger partial charge in [-0.1, -0.05) is 30.3 Å². The third kappa shape index (κ3) is 5.26. The van der Waals surface area contributed by atoms with Gasteiger partial charge in [-0.05, 0) is 12.5 Å². The zero-order valence-electron chi connectivity index (χ0n) is 13.9. The highest BCUT2D eigenvalue weighted by Gasteiger charge is 2.25. The molecule has 3 amide bonds. The van der Waals surface area contributed by atoms with Crippen molar-refractivity contribution >= 4 is 17.9 Å². The van der Waals surface area contributed by atoms with Crippen LogP contribution in [-0.4, -0.2) is 60.5 Å². The fraction of sp³-hybridized carbons (Fsp3) is 0.471. The van der Waals surface area contributed by atoms with E-state index in [2.05, 4.69) is 5.32 Å². The van der Waals surface area contributed by atoms with E-state index < -0.39 is 0 Å². The number of hydrogen-bond acceptors (Lipinski definition) is 4. The molecule has 1 saturated heterocycles. The van der Waals surface area contributed by atoms with Crippen molar-refractivity contribution in [1.82, 2.24) is 15.1 Å². The molecule has 0 atom stereocenters. The summed E-state index contributed by atoms with van der Waals surface area (Å²) in [6.45, 7) is 4.19. The summed E-state index contributed by atoms with van der Waals surface area (Å²) in [5.41, 5.74) is 0.987. The smallest absolute Gasteiger partial charge is 0.409 e. The number of nitrogens with zero attached hydrogens (tertiary/aromatic N) is 2. The SMILES string of the molecule is CCOC(=O)N1CCN(C(=O)CC(=O)NCc2ccccc2)CC1. The van der Waals surface area contributed by atoms with Crippen LogP contribution in [0.1, 0.15) is 18.9 Å². The minimum absolute atomic E-state index is 0.174. The maximum absolute atomic E-state index is 12.2. The fourth-order valence-corrected chi connectivity index (χ4v) is 2.46. The first kappa shape index (κ1) is 17.8. The molecule has 2 rings (SSSR count). The summed E-state index contributed by atoms with van der Waals surface area (Å²) in [6, 6.07) is 9.53. The summed E-state index contributed by atoms with van der Waals surface area (Å²) in [4.78, 5) is 38.8. The van der Waals surface area contributed by atoms with E-state index in [4.69, 9.17) is 4.74 Å². The predicted molar refractivity (Wildman–Crippen MR) is 88.1 cm³/mol. The van der Waals surface area contributed by atoms with Crippen LogP contribution in [0.2, 0.25) is 0 Å². The van der Waals surface area contributed by atoms with Crippen molar-refractivity contribution in [3.05, 3.63) is 35.9 Å². The molecule has 0 radical (unpaired) electrons. The molecule has 0 aliphatic carbocycles. The molecule has 0 aromatic heterocycles. The van der Waals surface area contributed by atoms with Gasteiger partial charge in [0.25, 0.3) is 0 Å². The van der Waals surface area contributed by atoms with Gasteiger partial charge in [-0.3, -0.25) is 9.59 Å². The van der Waals surface area contributed by atoms with E-state index in [1.165, 1.54) is 0 Å². The second kappa shape index (κ2) is 8.90. The van der Waals surface area contributed by atoms with E-state index in [1.807, 2.05) is 30.3 Å². The van der Waals surface area contributed by atoms with Gasteiger partial charge in [0.2, 0.25) is 11.8 Å². The minimum Gasteiger partial charge on any atom is -0.450 e. The van der Waals surface area contributed by atoms with Crippen LogP contribution in [0.25, 0.3) is 0 Å². The van der Waals surface area contributed by atoms with Crippen molar-refractivity contribution in [2.24, 2.45) is 0 Å². The molecule has 1 aromatic carbocycles. The molecule has 7 heteroatoms. The van der Waals surface area contributed by atoms with Crippen LogP contribution in [0.4, 0.5) is 4.79 Å². The first-order valence-electron chi connectivity index (χ1n) is 8.10. The molecule has 1 heterocycles. The first-order valence-corrected chi connectivity index (χ1v) is 8.10. The Kier molecular flexibility index (Phi) is 6.60. The highest BCUT2D eigenvalue weighted by atomic mass is 16.6. The van der Waals surface area contributed by atoms with Crippen LogP contribution in [-0.2, 0) is 20.9 Å². The molecule has 1 aliphatic heterocycles. The number of benzene rings is 1. The largest absolute Gasteiger partial charge is 0.450 e. The Morgan fingerprint density at radius 3 is 2.29 bits per heavy atom. The summed E-state index contributed by atoms with van der Waals surface area (Å²) in [7, 11) is 0. The lowest BCUT2D eigenvalue weighted by atomic mass is 10.2. The summed E-state index contributed by atoms with van der Waals surface area (Å²) in [5, 5.41) is 2.74. The number of nitrogens with one attached hydrogen (secondary N) is 1. The highest BCUT2D eigenvalue weighted by molar-refractivity contribution is 5.96. The number of carbonyl (C=O) groups is 3. The number of rotatable bonds is 5. The Balaban J connectivity index is 1.71. The fourth-order valence-electron chi connectivity index (χ4n) is 2.46. The third-order valence-corrected chi connectivity index (χ3v) is 3.80. The Bertz CT molecular complexity index is 568. The monoisotopic (exact) mass is 333 g/mol. The maximum atomic E-state index is 12.2. The average Bonchev–Trinajstić information content (AvgIpc) is 2.61. The number of carbonyl (C=O) groups excluding carboxylic acids is 3. The van der Waals surface area contributed by atoms with Crippen LogP contribution in [0.15, 0.2) is 30.3 Å². The molecular weight excluding hydrogens is 310 g/mol. The predicted octanol–water partition coefficient (Wildman–Crippen LogP) is 0.994. The Morgan fingerprint density at radius 2 is 1.67 bits per heavy atom. The van der Waals surface area contributed by atoms with E-state index >= 15 is 0 Å². The number of hydrogen-bond donors (Lipinski definition) is 1. The lowest BCUT2D eigenvalue weighted by Gasteiger charge is -2.34. The van der Waals surface area contributed by atoms with Crippen LogP contribution in [0, 0.1) is 0 Å². The molecule has 1 N–H and O–H groups in total. The lowest BCUT2D eigenvalue weighted by molar-refractivity contribution is -0.137. The summed E-state index contributed by atoms with van der Waals surface area (Å²) < 4.78 is 4.94. The van der Waals surface area contributed by atoms with Crippen molar-refractivity contribution in [3.63, 3.8) is 0 Å². The normalized spacial score (nSPS) is 14.2. The molecule has 24 heavy (non-hydrogen) atoms. The van der Waals surface area contributed by atoms with Gasteiger partial charge in [0.1, 0.15) is 6.42 Å². The van der Waals surface area contributed by atoms with Crippen molar-refractivity contribution < 1.29 is 19.1 Å². The van der Waals surface area contributed by atoms with Crippen molar-refractivity contribution in [3.8, 4) is 0 Å². The lowest BCUT2D eigenvalue weighted by Crippen LogP contribution is -2.51. The molecule has 7 nitrogen and oxygen atoms in total. The average molecular weight is 333 g/mol. The van der Waals surface area contributed by atoms with Crippen LogP contribution in [0.3, 0.4) is 0 Å². The Hall–Kier alpha value is -2.57. The van der Waals surface area contributed by atoms with Crippen molar-refractivity contribution in [1.29, 1.82) is 0 Å². The van der Waals surface area contributed by atoms with E-state index in [0.717, 1.165) is 5.56 Å². The van der Waals surface area contributed by atoms with E-state index in [-0.39, 0.29) is 24.3 Å². The van der Waals surface area contributed by atoms with Crippen LogP contribution >= 0.6 is 0 Å². The number of ether oxygens (including phenoxy) is 1. The van der Waals surface area contributed by atoms with Gasteiger partial charge in [-0.25, -0.2) is 4.79 Å². The summed E-state index contributed by atoms with van der Waals surface area (Å²) in [5.74, 6) is -0.513. The molecule has 0 unspecified atom stereocenters. The number of piperazine rings is 1. The third-order valence-electron chi connectivity index (χ3n) is 3.80. The standard InChI is InChI=1S/C17H23N3O4/c1-2-24-17(23)20-10-8-19(9-11-20)16(22)12-15(21)18-13-14-6-4-3-5-7-14/h3-7H,2,8-13H2,1H3,(H,18,21). The van der Waals surface area contributed by atoms with Gasteiger partial charge >= 0.3 is 6.09 Å². The zero-order valence-corrected chi connectivity index (χ0v) is 13.9. The molecule has 0 bridgehead atoms. The number of amides is 3. The van der Waals surface area contributed by atoms with Crippen molar-refractivity contribution in [2.75, 3.05) is 32.8 Å².